The summed E-state index contributed by atoms with van der Waals surface area (Å²) >= 11 is 0. The highest BCUT2D eigenvalue weighted by molar-refractivity contribution is 6.74. The normalized spacial score (nSPS) is 23.7. The highest BCUT2D eigenvalue weighted by atomic mass is 28.4. The molecule has 0 aliphatic carbocycles. The second-order valence-electron chi connectivity index (χ2n) is 11.9. The maximum Gasteiger partial charge on any atom is 0.192 e. The van der Waals surface area contributed by atoms with E-state index in [1.807, 2.05) is 91.0 Å². The number of aliphatic hydroxyl groups excluding tert-OH is 1. The molecule has 3 aromatic rings. The molecule has 5 atom stereocenters. The number of ether oxygens (including phenoxy) is 4. The fourth-order valence-corrected chi connectivity index (χ4v) is 5.42. The SMILES string of the molecule is CC(C)(C)[Si](C)(C)OC[C@@H]1O[C@@H](O)[C@@H](OCc2ccccc2)[C@H](OCc2ccccc2)[C@H]1OCc1ccccc1. The standard InChI is InChI=1S/C33H44O6Si/c1-33(2,3)40(4,5)38-24-28-29(35-21-25-15-9-6-10-16-25)30(36-22-26-17-11-7-12-18-26)31(32(34)39-28)37-23-27-19-13-8-14-20-27/h6-20,28-32,34H,21-24H2,1-5H3/t28-,29-,30+,31-,32+/m0/s1. The molecule has 216 valence electrons. The van der Waals surface area contributed by atoms with Gasteiger partial charge in [-0.3, -0.25) is 0 Å². The zero-order chi connectivity index (χ0) is 28.6. The minimum absolute atomic E-state index is 0.0330. The zero-order valence-corrected chi connectivity index (χ0v) is 25.4. The van der Waals surface area contributed by atoms with Crippen LogP contribution in [-0.2, 0) is 43.2 Å². The van der Waals surface area contributed by atoms with Crippen molar-refractivity contribution in [1.29, 1.82) is 0 Å². The number of hydrogen-bond acceptors (Lipinski definition) is 6. The van der Waals surface area contributed by atoms with Crippen molar-refractivity contribution >= 4 is 8.32 Å². The molecule has 40 heavy (non-hydrogen) atoms. The Morgan fingerprint density at radius 3 is 1.48 bits per heavy atom. The molecule has 1 N–H and O–H groups in total. The zero-order valence-electron chi connectivity index (χ0n) is 24.4. The third kappa shape index (κ3) is 8.33. The van der Waals surface area contributed by atoms with Crippen LogP contribution in [-0.4, -0.2) is 50.7 Å². The van der Waals surface area contributed by atoms with Crippen LogP contribution >= 0.6 is 0 Å². The molecule has 0 aromatic heterocycles. The molecule has 3 aromatic carbocycles. The van der Waals surface area contributed by atoms with Gasteiger partial charge in [0, 0.05) is 0 Å². The minimum atomic E-state index is -2.09. The van der Waals surface area contributed by atoms with Gasteiger partial charge in [0.1, 0.15) is 24.4 Å². The number of hydrogen-bond donors (Lipinski definition) is 1. The quantitative estimate of drug-likeness (QED) is 0.254. The molecular formula is C33H44O6Si. The molecule has 0 spiro atoms. The van der Waals surface area contributed by atoms with Crippen molar-refractivity contribution in [3.8, 4) is 0 Å². The van der Waals surface area contributed by atoms with Crippen LogP contribution in [0.4, 0.5) is 0 Å². The van der Waals surface area contributed by atoms with Gasteiger partial charge in [-0.25, -0.2) is 0 Å². The van der Waals surface area contributed by atoms with Gasteiger partial charge in [-0.15, -0.1) is 0 Å². The van der Waals surface area contributed by atoms with Crippen LogP contribution in [0, 0.1) is 0 Å². The van der Waals surface area contributed by atoms with Crippen molar-refractivity contribution < 1.29 is 28.5 Å². The van der Waals surface area contributed by atoms with Gasteiger partial charge < -0.3 is 28.5 Å². The lowest BCUT2D eigenvalue weighted by Gasteiger charge is -2.46. The van der Waals surface area contributed by atoms with Crippen LogP contribution in [0.25, 0.3) is 0 Å². The Morgan fingerprint density at radius 1 is 0.650 bits per heavy atom. The van der Waals surface area contributed by atoms with E-state index in [0.717, 1.165) is 16.7 Å². The summed E-state index contributed by atoms with van der Waals surface area (Å²) in [6.45, 7) is 12.4. The van der Waals surface area contributed by atoms with E-state index < -0.39 is 39.0 Å². The summed E-state index contributed by atoms with van der Waals surface area (Å²) in [5.74, 6) is 0. The summed E-state index contributed by atoms with van der Waals surface area (Å²) in [5, 5.41) is 11.3. The third-order valence-corrected chi connectivity index (χ3v) is 12.4. The molecule has 1 saturated heterocycles. The van der Waals surface area contributed by atoms with Crippen LogP contribution in [0.5, 0.6) is 0 Å². The Balaban J connectivity index is 1.60. The number of rotatable bonds is 12. The van der Waals surface area contributed by atoms with E-state index in [9.17, 15) is 5.11 Å². The molecule has 1 heterocycles. The molecule has 4 rings (SSSR count). The first kappa shape index (κ1) is 30.6. The maximum absolute atomic E-state index is 11.3. The highest BCUT2D eigenvalue weighted by Crippen LogP contribution is 2.38. The molecular weight excluding hydrogens is 520 g/mol. The predicted octanol–water partition coefficient (Wildman–Crippen LogP) is 6.48. The summed E-state index contributed by atoms with van der Waals surface area (Å²) in [6, 6.07) is 29.9. The van der Waals surface area contributed by atoms with Gasteiger partial charge in [-0.2, -0.15) is 0 Å². The first-order valence-corrected chi connectivity index (χ1v) is 17.0. The topological polar surface area (TPSA) is 66.4 Å². The molecule has 0 amide bonds. The van der Waals surface area contributed by atoms with Crippen LogP contribution < -0.4 is 0 Å². The van der Waals surface area contributed by atoms with Crippen LogP contribution in [0.3, 0.4) is 0 Å². The summed E-state index contributed by atoms with van der Waals surface area (Å²) in [5.41, 5.74) is 3.07. The van der Waals surface area contributed by atoms with Gasteiger partial charge in [0.2, 0.25) is 0 Å². The first-order valence-electron chi connectivity index (χ1n) is 14.1. The van der Waals surface area contributed by atoms with E-state index in [-0.39, 0.29) is 5.04 Å². The Kier molecular flexibility index (Phi) is 10.7. The maximum atomic E-state index is 11.3. The van der Waals surface area contributed by atoms with Crippen molar-refractivity contribution in [3.05, 3.63) is 108 Å². The molecule has 1 aliphatic rings. The molecule has 0 bridgehead atoms. The average molecular weight is 565 g/mol. The van der Waals surface area contributed by atoms with E-state index in [2.05, 4.69) is 33.9 Å². The Bertz CT molecular complexity index is 1140. The summed E-state index contributed by atoms with van der Waals surface area (Å²) in [6.07, 6.45) is -3.62. The molecule has 0 radical (unpaired) electrons. The fraction of sp³-hybridized carbons (Fsp3) is 0.455. The fourth-order valence-electron chi connectivity index (χ4n) is 4.40. The van der Waals surface area contributed by atoms with Gasteiger partial charge in [0.15, 0.2) is 14.6 Å². The van der Waals surface area contributed by atoms with Gasteiger partial charge >= 0.3 is 0 Å². The lowest BCUT2D eigenvalue weighted by molar-refractivity contribution is -0.314. The van der Waals surface area contributed by atoms with Crippen molar-refractivity contribution in [2.75, 3.05) is 6.61 Å². The second-order valence-corrected chi connectivity index (χ2v) is 16.7. The largest absolute Gasteiger partial charge is 0.414 e. The summed E-state index contributed by atoms with van der Waals surface area (Å²) in [7, 11) is -2.09. The van der Waals surface area contributed by atoms with E-state index >= 15 is 0 Å². The first-order chi connectivity index (χ1) is 19.1. The second kappa shape index (κ2) is 14.0. The van der Waals surface area contributed by atoms with Crippen LogP contribution in [0.15, 0.2) is 91.0 Å². The van der Waals surface area contributed by atoms with E-state index in [1.54, 1.807) is 0 Å². The number of aliphatic hydroxyl groups is 1. The van der Waals surface area contributed by atoms with Crippen LogP contribution in [0.1, 0.15) is 37.5 Å². The van der Waals surface area contributed by atoms with Crippen LogP contribution in [0.2, 0.25) is 18.1 Å². The van der Waals surface area contributed by atoms with Gasteiger partial charge in [0.05, 0.1) is 26.4 Å². The Morgan fingerprint density at radius 2 is 1.05 bits per heavy atom. The highest BCUT2D eigenvalue weighted by Gasteiger charge is 2.49. The predicted molar refractivity (Wildman–Crippen MR) is 159 cm³/mol. The average Bonchev–Trinajstić information content (AvgIpc) is 2.95. The van der Waals surface area contributed by atoms with Crippen molar-refractivity contribution in [2.45, 2.75) is 89.4 Å². The van der Waals surface area contributed by atoms with Crippen molar-refractivity contribution in [3.63, 3.8) is 0 Å². The molecule has 0 unspecified atom stereocenters. The van der Waals surface area contributed by atoms with Gasteiger partial charge in [-0.05, 0) is 34.8 Å². The molecule has 0 saturated carbocycles. The molecule has 1 fully saturated rings. The lowest BCUT2D eigenvalue weighted by atomic mass is 9.98. The molecule has 7 heteroatoms. The van der Waals surface area contributed by atoms with E-state index in [4.69, 9.17) is 23.4 Å². The van der Waals surface area contributed by atoms with Crippen molar-refractivity contribution in [1.82, 2.24) is 0 Å². The summed E-state index contributed by atoms with van der Waals surface area (Å²) in [4.78, 5) is 0. The summed E-state index contributed by atoms with van der Waals surface area (Å²) < 4.78 is 32.2. The lowest BCUT2D eigenvalue weighted by Crippen LogP contribution is -2.61. The minimum Gasteiger partial charge on any atom is -0.414 e. The van der Waals surface area contributed by atoms with Gasteiger partial charge in [-0.1, -0.05) is 112 Å². The van der Waals surface area contributed by atoms with Crippen molar-refractivity contribution in [2.24, 2.45) is 0 Å². The molecule has 1 aliphatic heterocycles. The third-order valence-electron chi connectivity index (χ3n) is 7.88. The smallest absolute Gasteiger partial charge is 0.192 e. The Hall–Kier alpha value is -2.36. The van der Waals surface area contributed by atoms with E-state index in [1.165, 1.54) is 0 Å². The Labute approximate surface area is 240 Å². The monoisotopic (exact) mass is 564 g/mol. The van der Waals surface area contributed by atoms with Gasteiger partial charge in [0.25, 0.3) is 0 Å². The van der Waals surface area contributed by atoms with E-state index in [0.29, 0.717) is 26.4 Å². The number of benzene rings is 3. The molecule has 6 nitrogen and oxygen atoms in total.